The molecule has 0 fully saturated rings. The first-order chi connectivity index (χ1) is 9.01. The van der Waals surface area contributed by atoms with Gasteiger partial charge in [0.2, 0.25) is 0 Å². The van der Waals surface area contributed by atoms with Crippen LogP contribution < -0.4 is 5.32 Å². The van der Waals surface area contributed by atoms with E-state index >= 15 is 0 Å². The number of ether oxygens (including phenoxy) is 2. The number of carbonyl (C=O) groups excluding carboxylic acids is 2. The molecule has 0 saturated carbocycles. The van der Waals surface area contributed by atoms with Crippen molar-refractivity contribution in [3.05, 3.63) is 29.8 Å². The fourth-order valence-corrected chi connectivity index (χ4v) is 1.51. The minimum atomic E-state index is -0.587. The van der Waals surface area contributed by atoms with E-state index in [4.69, 9.17) is 4.74 Å². The fourth-order valence-electron chi connectivity index (χ4n) is 1.51. The summed E-state index contributed by atoms with van der Waals surface area (Å²) < 4.78 is 9.40. The van der Waals surface area contributed by atoms with Crippen molar-refractivity contribution in [2.75, 3.05) is 13.7 Å². The van der Waals surface area contributed by atoms with Crippen LogP contribution in [-0.2, 0) is 20.7 Å². The number of aromatic hydroxyl groups is 1. The first-order valence-electron chi connectivity index (χ1n) is 5.77. The van der Waals surface area contributed by atoms with Crippen LogP contribution >= 0.6 is 0 Å². The molecule has 2 N–H and O–H groups in total. The Kier molecular flexibility index (Phi) is 5.66. The molecule has 0 spiro atoms. The average molecular weight is 267 g/mol. The Bertz CT molecular complexity index is 429. The minimum absolute atomic E-state index is 0.0608. The van der Waals surface area contributed by atoms with Gasteiger partial charge in [-0.25, -0.2) is 4.79 Å². The first kappa shape index (κ1) is 14.8. The fraction of sp³-hybridized carbons (Fsp3) is 0.385. The zero-order valence-corrected chi connectivity index (χ0v) is 10.9. The highest BCUT2D eigenvalue weighted by molar-refractivity contribution is 5.68. The molecule has 0 aromatic heterocycles. The Morgan fingerprint density at radius 1 is 1.32 bits per heavy atom. The Labute approximate surface area is 111 Å². The number of rotatable bonds is 5. The lowest BCUT2D eigenvalue weighted by atomic mass is 10.1. The van der Waals surface area contributed by atoms with Crippen LogP contribution in [0.1, 0.15) is 12.5 Å². The van der Waals surface area contributed by atoms with Gasteiger partial charge in [-0.15, -0.1) is 0 Å². The monoisotopic (exact) mass is 267 g/mol. The van der Waals surface area contributed by atoms with Crippen LogP contribution in [0.3, 0.4) is 0 Å². The van der Waals surface area contributed by atoms with Gasteiger partial charge in [-0.2, -0.15) is 0 Å². The quantitative estimate of drug-likeness (QED) is 0.784. The van der Waals surface area contributed by atoms with Crippen LogP contribution in [0, 0.1) is 0 Å². The van der Waals surface area contributed by atoms with E-state index in [1.165, 1.54) is 14.0 Å². The van der Waals surface area contributed by atoms with E-state index in [2.05, 4.69) is 10.1 Å². The third kappa shape index (κ3) is 5.76. The normalized spacial score (nSPS) is 11.5. The molecule has 104 valence electrons. The summed E-state index contributed by atoms with van der Waals surface area (Å²) in [5.41, 5.74) is 0.895. The van der Waals surface area contributed by atoms with Gasteiger partial charge in [0, 0.05) is 6.92 Å². The maximum atomic E-state index is 11.2. The van der Waals surface area contributed by atoms with Gasteiger partial charge in [-0.1, -0.05) is 12.1 Å². The summed E-state index contributed by atoms with van der Waals surface area (Å²) in [6.07, 6.45) is -0.126. The molecule has 1 aromatic carbocycles. The van der Waals surface area contributed by atoms with Crippen molar-refractivity contribution >= 4 is 12.1 Å². The Morgan fingerprint density at radius 2 is 1.95 bits per heavy atom. The standard InChI is InChI=1S/C13H17NO5/c1-9(15)19-8-11(14-13(17)18-2)7-10-3-5-12(16)6-4-10/h3-6,11,16H,7-8H2,1-2H3,(H,14,17)/t11-/m0/s1. The molecule has 6 nitrogen and oxygen atoms in total. The van der Waals surface area contributed by atoms with E-state index in [1.807, 2.05) is 0 Å². The van der Waals surface area contributed by atoms with Crippen LogP contribution in [0.25, 0.3) is 0 Å². The molecule has 6 heteroatoms. The number of esters is 1. The van der Waals surface area contributed by atoms with E-state index in [0.717, 1.165) is 5.56 Å². The molecule has 1 atom stereocenters. The largest absolute Gasteiger partial charge is 0.508 e. The molecule has 0 aliphatic heterocycles. The molecule has 0 heterocycles. The molecular weight excluding hydrogens is 250 g/mol. The maximum Gasteiger partial charge on any atom is 0.407 e. The van der Waals surface area contributed by atoms with Crippen molar-refractivity contribution in [2.24, 2.45) is 0 Å². The van der Waals surface area contributed by atoms with Gasteiger partial charge in [-0.3, -0.25) is 4.79 Å². The van der Waals surface area contributed by atoms with Crippen LogP contribution in [0.2, 0.25) is 0 Å². The maximum absolute atomic E-state index is 11.2. The van der Waals surface area contributed by atoms with Crippen molar-refractivity contribution in [3.8, 4) is 5.75 Å². The van der Waals surface area contributed by atoms with Crippen molar-refractivity contribution in [2.45, 2.75) is 19.4 Å². The third-order valence-corrected chi connectivity index (χ3v) is 2.41. The van der Waals surface area contributed by atoms with Gasteiger partial charge < -0.3 is 19.9 Å². The number of phenolic OH excluding ortho intramolecular Hbond substituents is 1. The lowest BCUT2D eigenvalue weighted by Crippen LogP contribution is -2.40. The summed E-state index contributed by atoms with van der Waals surface area (Å²) in [6.45, 7) is 1.36. The van der Waals surface area contributed by atoms with Crippen LogP contribution in [0.5, 0.6) is 5.75 Å². The number of phenols is 1. The molecule has 0 bridgehead atoms. The zero-order valence-electron chi connectivity index (χ0n) is 10.9. The third-order valence-electron chi connectivity index (χ3n) is 2.41. The molecule has 0 saturated heterocycles. The van der Waals surface area contributed by atoms with Crippen molar-refractivity contribution in [3.63, 3.8) is 0 Å². The van der Waals surface area contributed by atoms with Crippen molar-refractivity contribution in [1.29, 1.82) is 0 Å². The summed E-state index contributed by atoms with van der Waals surface area (Å²) in [5.74, 6) is -0.247. The number of methoxy groups -OCH3 is 1. The average Bonchev–Trinajstić information content (AvgIpc) is 2.38. The number of amides is 1. The van der Waals surface area contributed by atoms with E-state index in [1.54, 1.807) is 24.3 Å². The summed E-state index contributed by atoms with van der Waals surface area (Å²) in [5, 5.41) is 11.8. The molecule has 0 radical (unpaired) electrons. The number of benzene rings is 1. The van der Waals surface area contributed by atoms with Crippen LogP contribution in [0.15, 0.2) is 24.3 Å². The van der Waals surface area contributed by atoms with Gasteiger partial charge in [0.1, 0.15) is 12.4 Å². The topological polar surface area (TPSA) is 84.9 Å². The second-order valence-electron chi connectivity index (χ2n) is 4.01. The smallest absolute Gasteiger partial charge is 0.407 e. The highest BCUT2D eigenvalue weighted by atomic mass is 16.5. The number of hydrogen-bond donors (Lipinski definition) is 2. The minimum Gasteiger partial charge on any atom is -0.508 e. The Hall–Kier alpha value is -2.24. The number of carbonyl (C=O) groups is 2. The van der Waals surface area contributed by atoms with E-state index in [9.17, 15) is 14.7 Å². The molecule has 1 aromatic rings. The molecular formula is C13H17NO5. The predicted octanol–water partition coefficient (Wildman–Crippen LogP) is 1.22. The molecule has 19 heavy (non-hydrogen) atoms. The molecule has 0 aliphatic carbocycles. The Balaban J connectivity index is 2.63. The SMILES string of the molecule is COC(=O)N[C@H](COC(C)=O)Cc1ccc(O)cc1. The lowest BCUT2D eigenvalue weighted by molar-refractivity contribution is -0.141. The molecule has 1 rings (SSSR count). The van der Waals surface area contributed by atoms with E-state index < -0.39 is 12.1 Å². The van der Waals surface area contributed by atoms with Gasteiger partial charge in [0.15, 0.2) is 0 Å². The zero-order chi connectivity index (χ0) is 14.3. The summed E-state index contributed by atoms with van der Waals surface area (Å²) in [7, 11) is 1.26. The summed E-state index contributed by atoms with van der Waals surface area (Å²) in [4.78, 5) is 22.0. The van der Waals surface area contributed by atoms with E-state index in [-0.39, 0.29) is 18.4 Å². The van der Waals surface area contributed by atoms with Crippen molar-refractivity contribution < 1.29 is 24.2 Å². The van der Waals surface area contributed by atoms with E-state index in [0.29, 0.717) is 6.42 Å². The molecule has 0 aliphatic rings. The van der Waals surface area contributed by atoms with Gasteiger partial charge >= 0.3 is 12.1 Å². The lowest BCUT2D eigenvalue weighted by Gasteiger charge is -2.17. The predicted molar refractivity (Wildman–Crippen MR) is 67.8 cm³/mol. The highest BCUT2D eigenvalue weighted by Gasteiger charge is 2.15. The van der Waals surface area contributed by atoms with Gasteiger partial charge in [-0.05, 0) is 24.1 Å². The summed E-state index contributed by atoms with van der Waals surface area (Å²) in [6, 6.07) is 6.18. The molecule has 0 unspecified atom stereocenters. The first-order valence-corrected chi connectivity index (χ1v) is 5.77. The van der Waals surface area contributed by atoms with Crippen molar-refractivity contribution in [1.82, 2.24) is 5.32 Å². The van der Waals surface area contributed by atoms with Crippen LogP contribution in [-0.4, -0.2) is 36.9 Å². The molecule has 1 amide bonds. The van der Waals surface area contributed by atoms with Gasteiger partial charge in [0.05, 0.1) is 13.2 Å². The Morgan fingerprint density at radius 3 is 2.47 bits per heavy atom. The second-order valence-corrected chi connectivity index (χ2v) is 4.01. The number of nitrogens with one attached hydrogen (secondary N) is 1. The van der Waals surface area contributed by atoms with Gasteiger partial charge in [0.25, 0.3) is 0 Å². The number of alkyl carbamates (subject to hydrolysis) is 1. The summed E-state index contributed by atoms with van der Waals surface area (Å²) >= 11 is 0. The second kappa shape index (κ2) is 7.25. The van der Waals surface area contributed by atoms with Crippen LogP contribution in [0.4, 0.5) is 4.79 Å². The number of hydrogen-bond acceptors (Lipinski definition) is 5. The highest BCUT2D eigenvalue weighted by Crippen LogP contribution is 2.11.